The molecule has 0 saturated heterocycles. The minimum atomic E-state index is -0.106. The molecule has 2 aromatic rings. The van der Waals surface area contributed by atoms with Crippen LogP contribution in [0.15, 0.2) is 48.5 Å². The quantitative estimate of drug-likeness (QED) is 0.751. The topological polar surface area (TPSA) is 70.7 Å². The van der Waals surface area contributed by atoms with Crippen LogP contribution in [0.5, 0.6) is 5.75 Å². The van der Waals surface area contributed by atoms with Gasteiger partial charge in [0.25, 0.3) is 5.91 Å². The van der Waals surface area contributed by atoms with E-state index in [4.69, 9.17) is 4.74 Å². The van der Waals surface area contributed by atoms with E-state index < -0.39 is 0 Å². The lowest BCUT2D eigenvalue weighted by molar-refractivity contribution is -0.119. The van der Waals surface area contributed by atoms with Gasteiger partial charge in [-0.15, -0.1) is 0 Å². The maximum atomic E-state index is 12.0. The van der Waals surface area contributed by atoms with Gasteiger partial charge >= 0.3 is 0 Å². The summed E-state index contributed by atoms with van der Waals surface area (Å²) in [6.45, 7) is 4.58. The molecular formula is C21H27N3O3. The first kappa shape index (κ1) is 20.3. The summed E-state index contributed by atoms with van der Waals surface area (Å²) in [4.78, 5) is 25.4. The van der Waals surface area contributed by atoms with Crippen LogP contribution in [0.1, 0.15) is 29.8 Å². The standard InChI is InChI=1S/C21H27N3O3/c1-15(2)27-19-11-5-16(6-12-19)13-23-20(25)14-22-18-9-7-17(8-10-18)21(26)24(3)4/h5-12,15,22H,13-14H2,1-4H3,(H,23,25). The molecule has 27 heavy (non-hydrogen) atoms. The Morgan fingerprint density at radius 1 is 1.00 bits per heavy atom. The maximum absolute atomic E-state index is 12.0. The van der Waals surface area contributed by atoms with Crippen molar-refractivity contribution >= 4 is 17.5 Å². The lowest BCUT2D eigenvalue weighted by atomic mass is 10.2. The average Bonchev–Trinajstić information content (AvgIpc) is 2.65. The van der Waals surface area contributed by atoms with Crippen LogP contribution in [-0.4, -0.2) is 43.5 Å². The van der Waals surface area contributed by atoms with Crippen LogP contribution in [0.3, 0.4) is 0 Å². The minimum absolute atomic E-state index is 0.0518. The number of hydrogen-bond donors (Lipinski definition) is 2. The average molecular weight is 369 g/mol. The molecule has 0 aliphatic heterocycles. The lowest BCUT2D eigenvalue weighted by Crippen LogP contribution is -2.29. The third kappa shape index (κ3) is 6.66. The highest BCUT2D eigenvalue weighted by atomic mass is 16.5. The summed E-state index contributed by atoms with van der Waals surface area (Å²) < 4.78 is 5.60. The second-order valence-corrected chi connectivity index (χ2v) is 6.72. The molecule has 2 amide bonds. The smallest absolute Gasteiger partial charge is 0.253 e. The molecule has 0 unspecified atom stereocenters. The van der Waals surface area contributed by atoms with Crippen molar-refractivity contribution in [1.29, 1.82) is 0 Å². The van der Waals surface area contributed by atoms with Gasteiger partial charge in [-0.25, -0.2) is 0 Å². The largest absolute Gasteiger partial charge is 0.491 e. The van der Waals surface area contributed by atoms with E-state index in [0.29, 0.717) is 12.1 Å². The van der Waals surface area contributed by atoms with Gasteiger partial charge in [-0.3, -0.25) is 9.59 Å². The first-order chi connectivity index (χ1) is 12.8. The van der Waals surface area contributed by atoms with Crippen LogP contribution in [0, 0.1) is 0 Å². The molecule has 0 aliphatic rings. The molecule has 0 aliphatic carbocycles. The van der Waals surface area contributed by atoms with Gasteiger partial charge in [-0.2, -0.15) is 0 Å². The number of carbonyl (C=O) groups is 2. The fourth-order valence-corrected chi connectivity index (χ4v) is 2.39. The van der Waals surface area contributed by atoms with Gasteiger partial charge < -0.3 is 20.3 Å². The van der Waals surface area contributed by atoms with Crippen LogP contribution in [0.2, 0.25) is 0 Å². The number of rotatable bonds is 8. The predicted octanol–water partition coefficient (Wildman–Crippen LogP) is 2.90. The van der Waals surface area contributed by atoms with Crippen LogP contribution >= 0.6 is 0 Å². The van der Waals surface area contributed by atoms with Gasteiger partial charge in [0.15, 0.2) is 0 Å². The molecular weight excluding hydrogens is 342 g/mol. The van der Waals surface area contributed by atoms with E-state index in [0.717, 1.165) is 17.0 Å². The van der Waals surface area contributed by atoms with Crippen molar-refractivity contribution in [3.63, 3.8) is 0 Å². The molecule has 0 saturated carbocycles. The number of ether oxygens (including phenoxy) is 1. The monoisotopic (exact) mass is 369 g/mol. The molecule has 0 spiro atoms. The summed E-state index contributed by atoms with van der Waals surface area (Å²) in [7, 11) is 3.42. The summed E-state index contributed by atoms with van der Waals surface area (Å²) in [6.07, 6.45) is 0.136. The summed E-state index contributed by atoms with van der Waals surface area (Å²) in [5, 5.41) is 5.92. The number of nitrogens with zero attached hydrogens (tertiary/aromatic N) is 1. The summed E-state index contributed by atoms with van der Waals surface area (Å²) in [5.41, 5.74) is 2.40. The molecule has 0 heterocycles. The van der Waals surface area contributed by atoms with Gasteiger partial charge in [-0.1, -0.05) is 12.1 Å². The van der Waals surface area contributed by atoms with Crippen LogP contribution in [-0.2, 0) is 11.3 Å². The molecule has 2 rings (SSSR count). The Bertz CT molecular complexity index is 753. The Hall–Kier alpha value is -3.02. The van der Waals surface area contributed by atoms with Crippen LogP contribution < -0.4 is 15.4 Å². The number of benzene rings is 2. The third-order valence-corrected chi connectivity index (χ3v) is 3.78. The third-order valence-electron chi connectivity index (χ3n) is 3.78. The van der Waals surface area contributed by atoms with E-state index in [1.165, 1.54) is 4.90 Å². The van der Waals surface area contributed by atoms with Crippen molar-refractivity contribution in [2.45, 2.75) is 26.5 Å². The van der Waals surface area contributed by atoms with E-state index in [2.05, 4.69) is 10.6 Å². The highest BCUT2D eigenvalue weighted by molar-refractivity contribution is 5.94. The fraction of sp³-hybridized carbons (Fsp3) is 0.333. The van der Waals surface area contributed by atoms with E-state index in [1.54, 1.807) is 38.4 Å². The Morgan fingerprint density at radius 3 is 2.19 bits per heavy atom. The number of carbonyl (C=O) groups excluding carboxylic acids is 2. The number of amides is 2. The Morgan fingerprint density at radius 2 is 1.63 bits per heavy atom. The molecule has 6 nitrogen and oxygen atoms in total. The number of nitrogens with one attached hydrogen (secondary N) is 2. The van der Waals surface area contributed by atoms with Crippen LogP contribution in [0.4, 0.5) is 5.69 Å². The summed E-state index contributed by atoms with van der Waals surface area (Å²) >= 11 is 0. The molecule has 2 N–H and O–H groups in total. The zero-order valence-electron chi connectivity index (χ0n) is 16.3. The summed E-state index contributed by atoms with van der Waals surface area (Å²) in [6, 6.07) is 14.7. The van der Waals surface area contributed by atoms with Gasteiger partial charge in [0, 0.05) is 31.9 Å². The molecule has 0 aromatic heterocycles. The van der Waals surface area contributed by atoms with Crippen LogP contribution in [0.25, 0.3) is 0 Å². The maximum Gasteiger partial charge on any atom is 0.253 e. The second-order valence-electron chi connectivity index (χ2n) is 6.72. The first-order valence-electron chi connectivity index (χ1n) is 8.93. The molecule has 2 aromatic carbocycles. The first-order valence-corrected chi connectivity index (χ1v) is 8.93. The zero-order valence-corrected chi connectivity index (χ0v) is 16.3. The van der Waals surface area contributed by atoms with Gasteiger partial charge in [-0.05, 0) is 55.8 Å². The molecule has 0 fully saturated rings. The van der Waals surface area contributed by atoms with E-state index in [1.807, 2.05) is 38.1 Å². The van der Waals surface area contributed by atoms with Gasteiger partial charge in [0.2, 0.25) is 5.91 Å². The van der Waals surface area contributed by atoms with Crippen molar-refractivity contribution in [2.24, 2.45) is 0 Å². The Balaban J connectivity index is 1.76. The molecule has 144 valence electrons. The highest BCUT2D eigenvalue weighted by Gasteiger charge is 2.07. The molecule has 6 heteroatoms. The van der Waals surface area contributed by atoms with E-state index >= 15 is 0 Å². The zero-order chi connectivity index (χ0) is 19.8. The van der Waals surface area contributed by atoms with Gasteiger partial charge in [0.05, 0.1) is 12.6 Å². The van der Waals surface area contributed by atoms with Crippen molar-refractivity contribution in [3.8, 4) is 5.75 Å². The van der Waals surface area contributed by atoms with Crippen molar-refractivity contribution in [3.05, 3.63) is 59.7 Å². The molecule has 0 atom stereocenters. The Kier molecular flexibility index (Phi) is 7.23. The molecule has 0 radical (unpaired) electrons. The normalized spacial score (nSPS) is 10.4. The Labute approximate surface area is 160 Å². The second kappa shape index (κ2) is 9.62. The van der Waals surface area contributed by atoms with Crippen molar-refractivity contribution in [2.75, 3.05) is 26.0 Å². The lowest BCUT2D eigenvalue weighted by Gasteiger charge is -2.12. The van der Waals surface area contributed by atoms with E-state index in [-0.39, 0.29) is 24.5 Å². The molecule has 0 bridgehead atoms. The highest BCUT2D eigenvalue weighted by Crippen LogP contribution is 2.14. The van der Waals surface area contributed by atoms with Crippen molar-refractivity contribution in [1.82, 2.24) is 10.2 Å². The van der Waals surface area contributed by atoms with E-state index in [9.17, 15) is 9.59 Å². The number of anilines is 1. The SMILES string of the molecule is CC(C)Oc1ccc(CNC(=O)CNc2ccc(C(=O)N(C)C)cc2)cc1. The van der Waals surface area contributed by atoms with Gasteiger partial charge in [0.1, 0.15) is 5.75 Å². The fourth-order valence-electron chi connectivity index (χ4n) is 2.39. The minimum Gasteiger partial charge on any atom is -0.491 e. The summed E-state index contributed by atoms with van der Waals surface area (Å²) in [5.74, 6) is 0.660. The predicted molar refractivity (Wildman–Crippen MR) is 107 cm³/mol. The number of hydrogen-bond acceptors (Lipinski definition) is 4. The van der Waals surface area contributed by atoms with Crippen molar-refractivity contribution < 1.29 is 14.3 Å².